The molecule has 4 nitrogen and oxygen atoms in total. The van der Waals surface area contributed by atoms with Gasteiger partial charge in [0.1, 0.15) is 12.1 Å². The Labute approximate surface area is 64.0 Å². The summed E-state index contributed by atoms with van der Waals surface area (Å²) in [5, 5.41) is 3.35. The molecule has 3 N–H and O–H groups in total. The van der Waals surface area contributed by atoms with Gasteiger partial charge in [-0.2, -0.15) is 0 Å². The highest BCUT2D eigenvalue weighted by Crippen LogP contribution is 1.90. The number of nitrogens with one attached hydrogen (secondary N) is 1. The molecule has 0 saturated carbocycles. The van der Waals surface area contributed by atoms with Crippen LogP contribution in [-0.4, -0.2) is 10.1 Å². The van der Waals surface area contributed by atoms with E-state index in [-0.39, 0.29) is 0 Å². The third-order valence-corrected chi connectivity index (χ3v) is 0.969. The summed E-state index contributed by atoms with van der Waals surface area (Å²) in [7, 11) is 0. The first-order chi connectivity index (χ1) is 5.39. The van der Waals surface area contributed by atoms with E-state index in [2.05, 4.69) is 14.7 Å². The Hall–Kier alpha value is -1.71. The molecule has 0 spiro atoms. The molecule has 0 radical (unpaired) electrons. The van der Waals surface area contributed by atoms with Crippen LogP contribution in [0.25, 0.3) is 0 Å². The van der Waals surface area contributed by atoms with Gasteiger partial charge in [-0.05, 0) is 18.2 Å². The Kier molecular flexibility index (Phi) is 2.80. The highest BCUT2D eigenvalue weighted by atomic mass is 16.5. The van der Waals surface area contributed by atoms with Crippen LogP contribution in [0.2, 0.25) is 0 Å². The normalized spacial score (nSPS) is 8.36. The van der Waals surface area contributed by atoms with Gasteiger partial charge in [0, 0.05) is 6.20 Å². The monoisotopic (exact) mass is 151 g/mol. The van der Waals surface area contributed by atoms with Crippen LogP contribution >= 0.6 is 0 Å². The van der Waals surface area contributed by atoms with Gasteiger partial charge in [0.2, 0.25) is 0 Å². The lowest BCUT2D eigenvalue weighted by Gasteiger charge is -1.72. The summed E-state index contributed by atoms with van der Waals surface area (Å²) in [4.78, 5) is 2.78. The zero-order chi connectivity index (χ0) is 7.94. The standard InChI is InChI=1S/C4H6N2.C3H3NO/c5-4-2-1-3-6-4;1-2-4-5-3-1/h1-3,6H,5H2;1-3H. The number of rotatable bonds is 0. The van der Waals surface area contributed by atoms with Crippen molar-refractivity contribution in [3.63, 3.8) is 0 Å². The lowest BCUT2D eigenvalue weighted by atomic mass is 10.6. The van der Waals surface area contributed by atoms with Crippen LogP contribution in [-0.2, 0) is 0 Å². The van der Waals surface area contributed by atoms with E-state index in [0.29, 0.717) is 0 Å². The number of nitrogens with zero attached hydrogens (tertiary/aromatic N) is 1. The number of aromatic nitrogens is 2. The van der Waals surface area contributed by atoms with Gasteiger partial charge in [0.25, 0.3) is 0 Å². The molecule has 2 aromatic rings. The fourth-order valence-electron chi connectivity index (χ4n) is 0.520. The Bertz CT molecular complexity index is 232. The summed E-state index contributed by atoms with van der Waals surface area (Å²) >= 11 is 0. The average molecular weight is 151 g/mol. The largest absolute Gasteiger partial charge is 0.385 e. The highest BCUT2D eigenvalue weighted by molar-refractivity contribution is 5.26. The maximum absolute atomic E-state index is 5.22. The van der Waals surface area contributed by atoms with E-state index in [4.69, 9.17) is 5.73 Å². The zero-order valence-corrected chi connectivity index (χ0v) is 5.90. The summed E-state index contributed by atoms with van der Waals surface area (Å²) in [5.41, 5.74) is 5.22. The maximum Gasteiger partial charge on any atom is 0.123 e. The summed E-state index contributed by atoms with van der Waals surface area (Å²) in [6.45, 7) is 0. The van der Waals surface area contributed by atoms with Crippen LogP contribution in [0.1, 0.15) is 0 Å². The molecule has 0 fully saturated rings. The number of nitrogen functional groups attached to an aromatic ring is 1. The third kappa shape index (κ3) is 3.10. The van der Waals surface area contributed by atoms with Crippen molar-refractivity contribution in [1.82, 2.24) is 10.1 Å². The summed E-state index contributed by atoms with van der Waals surface area (Å²) in [6.07, 6.45) is 4.88. The first kappa shape index (κ1) is 7.40. The second-order valence-corrected chi connectivity index (χ2v) is 1.81. The second kappa shape index (κ2) is 4.16. The lowest BCUT2D eigenvalue weighted by Crippen LogP contribution is -1.79. The number of hydrogen-bond donors (Lipinski definition) is 2. The Morgan fingerprint density at radius 2 is 2.36 bits per heavy atom. The van der Waals surface area contributed by atoms with Crippen LogP contribution < -0.4 is 5.73 Å². The van der Waals surface area contributed by atoms with Crippen LogP contribution in [0.4, 0.5) is 5.82 Å². The number of aromatic amines is 1. The van der Waals surface area contributed by atoms with E-state index in [1.807, 2.05) is 6.07 Å². The van der Waals surface area contributed by atoms with Crippen molar-refractivity contribution < 1.29 is 4.52 Å². The van der Waals surface area contributed by atoms with Crippen LogP contribution in [0.15, 0.2) is 41.4 Å². The van der Waals surface area contributed by atoms with Gasteiger partial charge in [-0.3, -0.25) is 0 Å². The first-order valence-electron chi connectivity index (χ1n) is 3.13. The third-order valence-electron chi connectivity index (χ3n) is 0.969. The number of hydrogen-bond acceptors (Lipinski definition) is 3. The number of H-pyrrole nitrogens is 1. The van der Waals surface area contributed by atoms with Crippen molar-refractivity contribution in [3.05, 3.63) is 36.9 Å². The molecule has 0 saturated heterocycles. The maximum atomic E-state index is 5.22. The average Bonchev–Trinajstić information content (AvgIpc) is 2.57. The van der Waals surface area contributed by atoms with Crippen molar-refractivity contribution in [1.29, 1.82) is 0 Å². The second-order valence-electron chi connectivity index (χ2n) is 1.81. The number of anilines is 1. The molecule has 11 heavy (non-hydrogen) atoms. The van der Waals surface area contributed by atoms with Crippen molar-refractivity contribution in [3.8, 4) is 0 Å². The topological polar surface area (TPSA) is 67.8 Å². The Morgan fingerprint density at radius 3 is 2.55 bits per heavy atom. The van der Waals surface area contributed by atoms with Gasteiger partial charge < -0.3 is 15.2 Å². The molecule has 0 unspecified atom stereocenters. The van der Waals surface area contributed by atoms with Gasteiger partial charge in [-0.1, -0.05) is 5.16 Å². The fraction of sp³-hybridized carbons (Fsp3) is 0. The Morgan fingerprint density at radius 1 is 1.45 bits per heavy atom. The van der Waals surface area contributed by atoms with Crippen LogP contribution in [0, 0.1) is 0 Å². The van der Waals surface area contributed by atoms with Crippen molar-refractivity contribution in [2.75, 3.05) is 5.73 Å². The molecule has 0 atom stereocenters. The van der Waals surface area contributed by atoms with Crippen LogP contribution in [0.5, 0.6) is 0 Å². The minimum absolute atomic E-state index is 0.718. The lowest BCUT2D eigenvalue weighted by molar-refractivity contribution is 0.420. The molecule has 0 aliphatic carbocycles. The molecule has 2 heterocycles. The van der Waals surface area contributed by atoms with E-state index in [9.17, 15) is 0 Å². The Balaban J connectivity index is 0.000000112. The zero-order valence-electron chi connectivity index (χ0n) is 5.90. The van der Waals surface area contributed by atoms with Gasteiger partial charge in [0.05, 0.1) is 6.20 Å². The summed E-state index contributed by atoms with van der Waals surface area (Å²) < 4.78 is 4.33. The van der Waals surface area contributed by atoms with Crippen molar-refractivity contribution in [2.45, 2.75) is 0 Å². The smallest absolute Gasteiger partial charge is 0.123 e. The molecular formula is C7H9N3O. The highest BCUT2D eigenvalue weighted by Gasteiger charge is 1.72. The predicted octanol–water partition coefficient (Wildman–Crippen LogP) is 1.27. The molecule has 58 valence electrons. The fourth-order valence-corrected chi connectivity index (χ4v) is 0.520. The van der Waals surface area contributed by atoms with Crippen molar-refractivity contribution in [2.24, 2.45) is 0 Å². The van der Waals surface area contributed by atoms with Crippen LogP contribution in [0.3, 0.4) is 0 Å². The van der Waals surface area contributed by atoms with E-state index < -0.39 is 0 Å². The molecule has 2 rings (SSSR count). The van der Waals surface area contributed by atoms with E-state index in [1.165, 1.54) is 6.26 Å². The van der Waals surface area contributed by atoms with E-state index in [0.717, 1.165) is 5.82 Å². The van der Waals surface area contributed by atoms with E-state index >= 15 is 0 Å². The molecule has 0 aromatic carbocycles. The minimum Gasteiger partial charge on any atom is -0.385 e. The van der Waals surface area contributed by atoms with Gasteiger partial charge in [0.15, 0.2) is 0 Å². The van der Waals surface area contributed by atoms with Gasteiger partial charge in [-0.15, -0.1) is 0 Å². The summed E-state index contributed by atoms with van der Waals surface area (Å²) in [5.74, 6) is 0.718. The SMILES string of the molecule is Nc1ccc[nH]1.c1cnoc1. The molecule has 0 aliphatic heterocycles. The first-order valence-corrected chi connectivity index (χ1v) is 3.13. The molecule has 2 aromatic heterocycles. The number of nitrogens with two attached hydrogens (primary N) is 1. The molecule has 4 heteroatoms. The molecule has 0 aliphatic rings. The predicted molar refractivity (Wildman–Crippen MR) is 41.7 cm³/mol. The van der Waals surface area contributed by atoms with Gasteiger partial charge in [-0.25, -0.2) is 0 Å². The molecule has 0 bridgehead atoms. The molecular weight excluding hydrogens is 142 g/mol. The van der Waals surface area contributed by atoms with E-state index in [1.54, 1.807) is 24.5 Å². The quantitative estimate of drug-likeness (QED) is 0.595. The minimum atomic E-state index is 0.718. The van der Waals surface area contributed by atoms with Gasteiger partial charge >= 0.3 is 0 Å². The van der Waals surface area contributed by atoms with Crippen molar-refractivity contribution >= 4 is 5.82 Å². The molecule has 0 amide bonds. The summed E-state index contributed by atoms with van der Waals surface area (Å²) in [6, 6.07) is 5.38.